The van der Waals surface area contributed by atoms with Crippen molar-refractivity contribution in [3.8, 4) is 11.5 Å². The number of anilines is 1. The van der Waals surface area contributed by atoms with Crippen LogP contribution in [-0.4, -0.2) is 53.4 Å². The first-order chi connectivity index (χ1) is 14.5. The second kappa shape index (κ2) is 9.25. The zero-order valence-electron chi connectivity index (χ0n) is 17.0. The summed E-state index contributed by atoms with van der Waals surface area (Å²) in [6, 6.07) is 14.8. The van der Waals surface area contributed by atoms with E-state index in [1.54, 1.807) is 6.07 Å². The standard InChI is InChI=1S/C23H27ClN2O4/c1-15(27)25-19-4-2-3-5-21(19)30-22-11-10-20(23(22)28)26-13-12-18(14-26)29-17-8-6-16(24)7-9-17/h2-9,18,20,22-23,28H,10-14H2,1H3,(H,25,27)/t18-,20-,22-,23-/m0/s1. The number of para-hydroxylation sites is 2. The lowest BCUT2D eigenvalue weighted by Crippen LogP contribution is -2.44. The minimum Gasteiger partial charge on any atom is -0.489 e. The molecule has 1 saturated carbocycles. The van der Waals surface area contributed by atoms with Crippen molar-refractivity contribution in [2.45, 2.75) is 50.5 Å². The number of aliphatic hydroxyl groups excluding tert-OH is 1. The molecule has 1 amide bonds. The lowest BCUT2D eigenvalue weighted by Gasteiger charge is -2.28. The van der Waals surface area contributed by atoms with Gasteiger partial charge in [-0.15, -0.1) is 0 Å². The Morgan fingerprint density at radius 1 is 1.10 bits per heavy atom. The zero-order valence-corrected chi connectivity index (χ0v) is 17.7. The molecule has 4 rings (SSSR count). The Bertz CT molecular complexity index is 876. The minimum atomic E-state index is -0.593. The molecule has 0 radical (unpaired) electrons. The van der Waals surface area contributed by atoms with Crippen LogP contribution in [0.25, 0.3) is 0 Å². The number of hydrogen-bond donors (Lipinski definition) is 2. The van der Waals surface area contributed by atoms with Gasteiger partial charge in [-0.05, 0) is 55.7 Å². The lowest BCUT2D eigenvalue weighted by molar-refractivity contribution is -0.114. The number of likely N-dealkylation sites (tertiary alicyclic amines) is 1. The molecule has 2 aromatic rings. The van der Waals surface area contributed by atoms with Crippen LogP contribution >= 0.6 is 11.6 Å². The topological polar surface area (TPSA) is 71.0 Å². The Morgan fingerprint density at radius 3 is 2.63 bits per heavy atom. The number of carbonyl (C=O) groups excluding carboxylic acids is 1. The fourth-order valence-corrected chi connectivity index (χ4v) is 4.46. The van der Waals surface area contributed by atoms with E-state index in [-0.39, 0.29) is 24.2 Å². The largest absolute Gasteiger partial charge is 0.489 e. The summed E-state index contributed by atoms with van der Waals surface area (Å²) in [5, 5.41) is 14.4. The predicted molar refractivity (Wildman–Crippen MR) is 116 cm³/mol. The number of aliphatic hydroxyl groups is 1. The number of amides is 1. The SMILES string of the molecule is CC(=O)Nc1ccccc1O[C@H]1CC[C@H](N2CC[C@H](Oc3ccc(Cl)cc3)C2)[C@@H]1O. The van der Waals surface area contributed by atoms with Crippen molar-refractivity contribution >= 4 is 23.2 Å². The first-order valence-electron chi connectivity index (χ1n) is 10.4. The Balaban J connectivity index is 1.34. The molecule has 7 heteroatoms. The number of ether oxygens (including phenoxy) is 2. The first-order valence-corrected chi connectivity index (χ1v) is 10.7. The molecule has 1 heterocycles. The summed E-state index contributed by atoms with van der Waals surface area (Å²) >= 11 is 5.94. The number of halogens is 1. The van der Waals surface area contributed by atoms with Crippen molar-refractivity contribution in [3.63, 3.8) is 0 Å². The van der Waals surface area contributed by atoms with Gasteiger partial charge in [0.1, 0.15) is 29.8 Å². The van der Waals surface area contributed by atoms with Crippen molar-refractivity contribution in [3.05, 3.63) is 53.6 Å². The van der Waals surface area contributed by atoms with Gasteiger partial charge in [0.05, 0.1) is 5.69 Å². The highest BCUT2D eigenvalue weighted by Gasteiger charge is 2.42. The molecule has 2 N–H and O–H groups in total. The lowest BCUT2D eigenvalue weighted by atomic mass is 10.1. The molecule has 0 aromatic heterocycles. The van der Waals surface area contributed by atoms with E-state index in [9.17, 15) is 9.90 Å². The Labute approximate surface area is 181 Å². The van der Waals surface area contributed by atoms with Crippen molar-refractivity contribution < 1.29 is 19.4 Å². The van der Waals surface area contributed by atoms with E-state index < -0.39 is 6.10 Å². The molecule has 1 aliphatic carbocycles. The molecule has 2 fully saturated rings. The molecule has 6 nitrogen and oxygen atoms in total. The van der Waals surface area contributed by atoms with Gasteiger partial charge in [0, 0.05) is 31.1 Å². The maximum atomic E-state index is 11.4. The van der Waals surface area contributed by atoms with Gasteiger partial charge >= 0.3 is 0 Å². The van der Waals surface area contributed by atoms with Crippen molar-refractivity contribution in [2.75, 3.05) is 18.4 Å². The van der Waals surface area contributed by atoms with E-state index in [0.717, 1.165) is 38.1 Å². The summed E-state index contributed by atoms with van der Waals surface area (Å²) in [5.74, 6) is 1.25. The number of rotatable bonds is 6. The number of nitrogens with one attached hydrogen (secondary N) is 1. The maximum Gasteiger partial charge on any atom is 0.221 e. The summed E-state index contributed by atoms with van der Waals surface area (Å²) in [6.45, 7) is 3.13. The Morgan fingerprint density at radius 2 is 1.87 bits per heavy atom. The molecule has 4 atom stereocenters. The maximum absolute atomic E-state index is 11.4. The molecular weight excluding hydrogens is 404 g/mol. The second-order valence-electron chi connectivity index (χ2n) is 7.95. The summed E-state index contributed by atoms with van der Waals surface area (Å²) in [5.41, 5.74) is 0.623. The highest BCUT2D eigenvalue weighted by molar-refractivity contribution is 6.30. The first kappa shape index (κ1) is 21.0. The zero-order chi connectivity index (χ0) is 21.1. The molecular formula is C23H27ClN2O4. The fourth-order valence-electron chi connectivity index (χ4n) is 4.33. The van der Waals surface area contributed by atoms with E-state index in [2.05, 4.69) is 10.2 Å². The Hall–Kier alpha value is -2.28. The summed E-state index contributed by atoms with van der Waals surface area (Å²) in [6.07, 6.45) is 1.74. The minimum absolute atomic E-state index is 0.0433. The number of nitrogens with zero attached hydrogens (tertiary/aromatic N) is 1. The average Bonchev–Trinajstić information content (AvgIpc) is 3.32. The van der Waals surface area contributed by atoms with Gasteiger partial charge in [0.25, 0.3) is 0 Å². The number of carbonyl (C=O) groups is 1. The van der Waals surface area contributed by atoms with Crippen molar-refractivity contribution in [2.24, 2.45) is 0 Å². The molecule has 2 aliphatic rings. The van der Waals surface area contributed by atoms with Crippen LogP contribution in [0.15, 0.2) is 48.5 Å². The van der Waals surface area contributed by atoms with Crippen LogP contribution in [0, 0.1) is 0 Å². The van der Waals surface area contributed by atoms with Crippen LogP contribution in [-0.2, 0) is 4.79 Å². The third kappa shape index (κ3) is 4.89. The number of benzene rings is 2. The molecule has 0 unspecified atom stereocenters. The van der Waals surface area contributed by atoms with E-state index in [1.165, 1.54) is 6.92 Å². The normalized spacial score (nSPS) is 26.5. The monoisotopic (exact) mass is 430 g/mol. The molecule has 1 saturated heterocycles. The van der Waals surface area contributed by atoms with Crippen molar-refractivity contribution in [1.82, 2.24) is 4.90 Å². The van der Waals surface area contributed by atoms with E-state index in [0.29, 0.717) is 16.5 Å². The van der Waals surface area contributed by atoms with E-state index >= 15 is 0 Å². The molecule has 2 aromatic carbocycles. The van der Waals surface area contributed by atoms with Crippen LogP contribution in [0.1, 0.15) is 26.2 Å². The van der Waals surface area contributed by atoms with Gasteiger partial charge in [0.2, 0.25) is 5.91 Å². The fraction of sp³-hybridized carbons (Fsp3) is 0.435. The smallest absolute Gasteiger partial charge is 0.221 e. The molecule has 0 bridgehead atoms. The van der Waals surface area contributed by atoms with Gasteiger partial charge in [-0.3, -0.25) is 9.69 Å². The third-order valence-corrected chi connectivity index (χ3v) is 6.01. The molecule has 0 spiro atoms. The third-order valence-electron chi connectivity index (χ3n) is 5.76. The Kier molecular flexibility index (Phi) is 6.46. The van der Waals surface area contributed by atoms with Gasteiger partial charge in [-0.1, -0.05) is 23.7 Å². The van der Waals surface area contributed by atoms with Gasteiger partial charge < -0.3 is 19.9 Å². The van der Waals surface area contributed by atoms with Crippen LogP contribution in [0.3, 0.4) is 0 Å². The highest BCUT2D eigenvalue weighted by Crippen LogP contribution is 2.34. The van der Waals surface area contributed by atoms with Gasteiger partial charge in [-0.2, -0.15) is 0 Å². The molecule has 1 aliphatic heterocycles. The van der Waals surface area contributed by atoms with Crippen LogP contribution in [0.5, 0.6) is 11.5 Å². The summed E-state index contributed by atoms with van der Waals surface area (Å²) < 4.78 is 12.2. The van der Waals surface area contributed by atoms with Crippen molar-refractivity contribution in [1.29, 1.82) is 0 Å². The van der Waals surface area contributed by atoms with Gasteiger partial charge in [0.15, 0.2) is 0 Å². The van der Waals surface area contributed by atoms with Gasteiger partial charge in [-0.25, -0.2) is 0 Å². The second-order valence-corrected chi connectivity index (χ2v) is 8.38. The molecule has 160 valence electrons. The quantitative estimate of drug-likeness (QED) is 0.730. The molecule has 30 heavy (non-hydrogen) atoms. The highest BCUT2D eigenvalue weighted by atomic mass is 35.5. The van der Waals surface area contributed by atoms with E-state index in [4.69, 9.17) is 21.1 Å². The number of hydrogen-bond acceptors (Lipinski definition) is 5. The predicted octanol–water partition coefficient (Wildman–Crippen LogP) is 3.72. The van der Waals surface area contributed by atoms with Crippen LogP contribution in [0.4, 0.5) is 5.69 Å². The summed E-state index contributed by atoms with van der Waals surface area (Å²) in [7, 11) is 0. The average molecular weight is 431 g/mol. The van der Waals surface area contributed by atoms with E-state index in [1.807, 2.05) is 42.5 Å². The van der Waals surface area contributed by atoms with Crippen LogP contribution in [0.2, 0.25) is 5.02 Å². The summed E-state index contributed by atoms with van der Waals surface area (Å²) in [4.78, 5) is 13.7. The van der Waals surface area contributed by atoms with Crippen LogP contribution < -0.4 is 14.8 Å².